The molecule has 0 spiro atoms. The summed E-state index contributed by atoms with van der Waals surface area (Å²) >= 11 is 0. The molecule has 34 heavy (non-hydrogen) atoms. The quantitative estimate of drug-likeness (QED) is 0.296. The van der Waals surface area contributed by atoms with Crippen molar-refractivity contribution in [2.24, 2.45) is 0 Å². The minimum atomic E-state index is -4.66. The summed E-state index contributed by atoms with van der Waals surface area (Å²) in [7, 11) is 0. The molecule has 5 nitrogen and oxygen atoms in total. The Kier molecular flexibility index (Phi) is 5.69. The molecule has 1 fully saturated rings. The molecular formula is C26H20F3NO4. The number of aromatic hydroxyl groups is 1. The van der Waals surface area contributed by atoms with Crippen LogP contribution in [0, 0.1) is 13.8 Å². The molecule has 1 atom stereocenters. The van der Waals surface area contributed by atoms with Gasteiger partial charge >= 0.3 is 6.18 Å². The van der Waals surface area contributed by atoms with Gasteiger partial charge < -0.3 is 10.2 Å². The van der Waals surface area contributed by atoms with Crippen LogP contribution in [0.5, 0.6) is 5.75 Å². The summed E-state index contributed by atoms with van der Waals surface area (Å²) in [5.74, 6) is -2.58. The highest BCUT2D eigenvalue weighted by Crippen LogP contribution is 2.44. The molecule has 3 aromatic carbocycles. The third-order valence-corrected chi connectivity index (χ3v) is 5.75. The van der Waals surface area contributed by atoms with Crippen LogP contribution in [0.3, 0.4) is 0 Å². The van der Waals surface area contributed by atoms with Crippen molar-refractivity contribution in [2.45, 2.75) is 26.1 Å². The van der Waals surface area contributed by atoms with Crippen molar-refractivity contribution in [3.63, 3.8) is 0 Å². The Bertz CT molecular complexity index is 1330. The molecule has 1 saturated heterocycles. The molecule has 2 N–H and O–H groups in total. The van der Waals surface area contributed by atoms with Crippen LogP contribution in [-0.4, -0.2) is 21.9 Å². The van der Waals surface area contributed by atoms with Crippen LogP contribution in [0.2, 0.25) is 0 Å². The summed E-state index contributed by atoms with van der Waals surface area (Å²) in [5, 5.41) is 20.9. The number of halogens is 3. The number of carbonyl (C=O) groups excluding carboxylic acids is 2. The number of aryl methyl sites for hydroxylation is 2. The van der Waals surface area contributed by atoms with Crippen LogP contribution in [0.25, 0.3) is 5.76 Å². The number of hydrogen-bond donors (Lipinski definition) is 2. The SMILES string of the molecule is Cc1ccc(C)c(/C(O)=C2\C(=O)C(=O)N(c3cccc(C(F)(F)F)c3)C2c2ccc(O)cc2)c1. The largest absolute Gasteiger partial charge is 0.508 e. The van der Waals surface area contributed by atoms with Crippen LogP contribution < -0.4 is 4.90 Å². The number of aliphatic hydroxyl groups is 1. The summed E-state index contributed by atoms with van der Waals surface area (Å²) in [6.45, 7) is 3.53. The van der Waals surface area contributed by atoms with Gasteiger partial charge in [-0.05, 0) is 61.4 Å². The molecule has 1 heterocycles. The van der Waals surface area contributed by atoms with Gasteiger partial charge in [0.25, 0.3) is 11.7 Å². The molecule has 0 saturated carbocycles. The number of anilines is 1. The number of benzene rings is 3. The number of hydrogen-bond acceptors (Lipinski definition) is 4. The Morgan fingerprint density at radius 3 is 2.26 bits per heavy atom. The number of carbonyl (C=O) groups is 2. The molecule has 1 aliphatic rings. The van der Waals surface area contributed by atoms with Gasteiger partial charge in [0.2, 0.25) is 0 Å². The minimum Gasteiger partial charge on any atom is -0.508 e. The normalized spacial score (nSPS) is 17.9. The number of ketones is 1. The van der Waals surface area contributed by atoms with Crippen LogP contribution in [0.15, 0.2) is 72.3 Å². The number of Topliss-reactive ketones (excluding diaryl/α,β-unsaturated/α-hetero) is 1. The second-order valence-corrected chi connectivity index (χ2v) is 8.13. The van der Waals surface area contributed by atoms with E-state index in [0.717, 1.165) is 28.7 Å². The Morgan fingerprint density at radius 2 is 1.62 bits per heavy atom. The van der Waals surface area contributed by atoms with Crippen LogP contribution in [0.4, 0.5) is 18.9 Å². The van der Waals surface area contributed by atoms with Crippen molar-refractivity contribution in [2.75, 3.05) is 4.90 Å². The first-order chi connectivity index (χ1) is 16.0. The Labute approximate surface area is 193 Å². The number of amides is 1. The Morgan fingerprint density at radius 1 is 0.941 bits per heavy atom. The van der Waals surface area contributed by atoms with E-state index < -0.39 is 35.2 Å². The number of rotatable bonds is 3. The van der Waals surface area contributed by atoms with Gasteiger partial charge in [-0.15, -0.1) is 0 Å². The van der Waals surface area contributed by atoms with E-state index in [9.17, 15) is 33.0 Å². The Balaban J connectivity index is 1.98. The highest BCUT2D eigenvalue weighted by molar-refractivity contribution is 6.51. The lowest BCUT2D eigenvalue weighted by atomic mass is 9.93. The summed E-state index contributed by atoms with van der Waals surface area (Å²) in [4.78, 5) is 27.2. The Hall–Kier alpha value is -4.07. The van der Waals surface area contributed by atoms with Gasteiger partial charge in [0.15, 0.2) is 0 Å². The predicted molar refractivity (Wildman–Crippen MR) is 120 cm³/mol. The fourth-order valence-corrected chi connectivity index (χ4v) is 4.04. The van der Waals surface area contributed by atoms with Gasteiger partial charge in [-0.1, -0.05) is 35.9 Å². The third-order valence-electron chi connectivity index (χ3n) is 5.75. The van der Waals surface area contributed by atoms with Crippen molar-refractivity contribution in [3.05, 3.63) is 100 Å². The van der Waals surface area contributed by atoms with E-state index in [2.05, 4.69) is 0 Å². The fraction of sp³-hybridized carbons (Fsp3) is 0.154. The molecule has 1 aliphatic heterocycles. The van der Waals surface area contributed by atoms with Crippen molar-refractivity contribution >= 4 is 23.1 Å². The predicted octanol–water partition coefficient (Wildman–Crippen LogP) is 5.65. The van der Waals surface area contributed by atoms with E-state index in [1.165, 1.54) is 30.3 Å². The zero-order valence-electron chi connectivity index (χ0n) is 18.2. The summed E-state index contributed by atoms with van der Waals surface area (Å²) in [6.07, 6.45) is -4.66. The second kappa shape index (κ2) is 8.37. The minimum absolute atomic E-state index is 0.0747. The van der Waals surface area contributed by atoms with Crippen molar-refractivity contribution in [1.82, 2.24) is 0 Å². The number of phenols is 1. The molecule has 4 rings (SSSR count). The number of aliphatic hydroxyl groups excluding tert-OH is 1. The molecule has 3 aromatic rings. The standard InChI is InChI=1S/C26H20F3NO4/c1-14-6-7-15(2)20(12-14)23(32)21-22(16-8-10-19(31)11-9-16)30(25(34)24(21)33)18-5-3-4-17(13-18)26(27,28)29/h3-13,22,31-32H,1-2H3/b23-21+. The van der Waals surface area contributed by atoms with Crippen molar-refractivity contribution < 1.29 is 33.0 Å². The van der Waals surface area contributed by atoms with Gasteiger partial charge in [-0.25, -0.2) is 0 Å². The summed E-state index contributed by atoms with van der Waals surface area (Å²) in [6, 6.07) is 13.7. The van der Waals surface area contributed by atoms with Crippen LogP contribution >= 0.6 is 0 Å². The summed E-state index contributed by atoms with van der Waals surface area (Å²) in [5.41, 5.74) is 0.757. The maximum absolute atomic E-state index is 13.4. The average Bonchev–Trinajstić information content (AvgIpc) is 3.05. The van der Waals surface area contributed by atoms with Gasteiger partial charge in [-0.3, -0.25) is 14.5 Å². The van der Waals surface area contributed by atoms with E-state index >= 15 is 0 Å². The van der Waals surface area contributed by atoms with Gasteiger partial charge in [0.05, 0.1) is 17.2 Å². The highest BCUT2D eigenvalue weighted by Gasteiger charge is 2.47. The molecule has 0 aliphatic carbocycles. The molecule has 0 bridgehead atoms. The molecule has 1 unspecified atom stereocenters. The van der Waals surface area contributed by atoms with Gasteiger partial charge in [-0.2, -0.15) is 13.2 Å². The molecule has 0 radical (unpaired) electrons. The maximum Gasteiger partial charge on any atom is 0.416 e. The lowest BCUT2D eigenvalue weighted by Crippen LogP contribution is -2.29. The van der Waals surface area contributed by atoms with E-state index in [1.807, 2.05) is 6.07 Å². The lowest BCUT2D eigenvalue weighted by Gasteiger charge is -2.26. The van der Waals surface area contributed by atoms with Crippen LogP contribution in [-0.2, 0) is 15.8 Å². The summed E-state index contributed by atoms with van der Waals surface area (Å²) < 4.78 is 40.1. The van der Waals surface area contributed by atoms with Gasteiger partial charge in [0, 0.05) is 11.3 Å². The number of alkyl halides is 3. The third kappa shape index (κ3) is 4.03. The smallest absolute Gasteiger partial charge is 0.416 e. The van der Waals surface area contributed by atoms with Crippen LogP contribution in [0.1, 0.15) is 33.9 Å². The molecule has 0 aromatic heterocycles. The molecule has 8 heteroatoms. The fourth-order valence-electron chi connectivity index (χ4n) is 4.04. The maximum atomic E-state index is 13.4. The zero-order valence-corrected chi connectivity index (χ0v) is 18.2. The molecular weight excluding hydrogens is 447 g/mol. The molecule has 1 amide bonds. The molecule has 174 valence electrons. The number of nitrogens with zero attached hydrogens (tertiary/aromatic N) is 1. The first kappa shape index (κ1) is 23.1. The average molecular weight is 467 g/mol. The van der Waals surface area contributed by atoms with E-state index in [4.69, 9.17) is 0 Å². The zero-order chi connectivity index (χ0) is 24.8. The van der Waals surface area contributed by atoms with E-state index in [0.29, 0.717) is 16.7 Å². The van der Waals surface area contributed by atoms with E-state index in [-0.39, 0.29) is 17.0 Å². The lowest BCUT2D eigenvalue weighted by molar-refractivity contribution is -0.137. The monoisotopic (exact) mass is 467 g/mol. The van der Waals surface area contributed by atoms with Gasteiger partial charge in [0.1, 0.15) is 11.5 Å². The van der Waals surface area contributed by atoms with Crippen molar-refractivity contribution in [3.8, 4) is 5.75 Å². The number of phenolic OH excluding ortho intramolecular Hbond substituents is 1. The topological polar surface area (TPSA) is 77.8 Å². The first-order valence-corrected chi connectivity index (χ1v) is 10.3. The highest BCUT2D eigenvalue weighted by atomic mass is 19.4. The van der Waals surface area contributed by atoms with Crippen molar-refractivity contribution in [1.29, 1.82) is 0 Å². The first-order valence-electron chi connectivity index (χ1n) is 10.3. The second-order valence-electron chi connectivity index (χ2n) is 8.13. The van der Waals surface area contributed by atoms with E-state index in [1.54, 1.807) is 26.0 Å².